The van der Waals surface area contributed by atoms with Crippen LogP contribution in [0.2, 0.25) is 10.0 Å². The standard InChI is InChI=1S/C14H15Cl2N3O2/c1-2-7-17-14(20)11-6-8-19(18-11)9-21-12-5-3-4-10(15)13(12)16/h3-6,8H,2,7,9H2,1H3,(H,17,20). The predicted molar refractivity (Wildman–Crippen MR) is 81.9 cm³/mol. The van der Waals surface area contributed by atoms with Gasteiger partial charge in [0.25, 0.3) is 5.91 Å². The molecule has 1 amide bonds. The maximum Gasteiger partial charge on any atom is 0.271 e. The minimum Gasteiger partial charge on any atom is -0.470 e. The third-order valence-electron chi connectivity index (χ3n) is 2.68. The van der Waals surface area contributed by atoms with Crippen molar-refractivity contribution >= 4 is 29.1 Å². The molecule has 0 spiro atoms. The molecule has 0 bridgehead atoms. The lowest BCUT2D eigenvalue weighted by Crippen LogP contribution is -2.24. The Kier molecular flexibility index (Phi) is 5.47. The van der Waals surface area contributed by atoms with Gasteiger partial charge in [-0.05, 0) is 24.6 Å². The zero-order valence-corrected chi connectivity index (χ0v) is 13.0. The highest BCUT2D eigenvalue weighted by Crippen LogP contribution is 2.31. The van der Waals surface area contributed by atoms with Crippen LogP contribution in [0.4, 0.5) is 0 Å². The number of nitrogens with zero attached hydrogens (tertiary/aromatic N) is 2. The summed E-state index contributed by atoms with van der Waals surface area (Å²) in [4.78, 5) is 11.7. The second-order valence-corrected chi connectivity index (χ2v) is 5.11. The summed E-state index contributed by atoms with van der Waals surface area (Å²) < 4.78 is 7.04. The Morgan fingerprint density at radius 3 is 2.95 bits per heavy atom. The van der Waals surface area contributed by atoms with Gasteiger partial charge in [-0.1, -0.05) is 36.2 Å². The summed E-state index contributed by atoms with van der Waals surface area (Å²) in [6, 6.07) is 6.78. The highest BCUT2D eigenvalue weighted by molar-refractivity contribution is 6.42. The molecule has 0 fully saturated rings. The molecule has 21 heavy (non-hydrogen) atoms. The number of hydrogen-bond donors (Lipinski definition) is 1. The summed E-state index contributed by atoms with van der Waals surface area (Å²) in [5, 5.41) is 7.67. The van der Waals surface area contributed by atoms with Crippen LogP contribution in [-0.2, 0) is 6.73 Å². The first-order valence-electron chi connectivity index (χ1n) is 6.50. The first kappa shape index (κ1) is 15.7. The molecule has 112 valence electrons. The molecule has 0 saturated carbocycles. The Bertz CT molecular complexity index is 628. The molecular weight excluding hydrogens is 313 g/mol. The van der Waals surface area contributed by atoms with Crippen LogP contribution in [0.3, 0.4) is 0 Å². The van der Waals surface area contributed by atoms with Gasteiger partial charge in [0.1, 0.15) is 16.5 Å². The van der Waals surface area contributed by atoms with Crippen molar-refractivity contribution in [2.24, 2.45) is 0 Å². The first-order valence-corrected chi connectivity index (χ1v) is 7.26. The maximum atomic E-state index is 11.7. The summed E-state index contributed by atoms with van der Waals surface area (Å²) in [5.41, 5.74) is 0.351. The predicted octanol–water partition coefficient (Wildman–Crippen LogP) is 3.37. The van der Waals surface area contributed by atoms with E-state index in [9.17, 15) is 4.79 Å². The molecule has 1 aromatic heterocycles. The number of halogens is 2. The summed E-state index contributed by atoms with van der Waals surface area (Å²) in [5.74, 6) is 0.271. The summed E-state index contributed by atoms with van der Waals surface area (Å²) in [7, 11) is 0. The van der Waals surface area contributed by atoms with E-state index in [1.54, 1.807) is 30.5 Å². The molecule has 5 nitrogen and oxygen atoms in total. The van der Waals surface area contributed by atoms with Crippen LogP contribution in [0.5, 0.6) is 5.75 Å². The molecule has 1 heterocycles. The second kappa shape index (κ2) is 7.33. The molecule has 1 aromatic carbocycles. The number of ether oxygens (including phenoxy) is 1. The van der Waals surface area contributed by atoms with Gasteiger partial charge in [0.15, 0.2) is 6.73 Å². The van der Waals surface area contributed by atoms with E-state index in [2.05, 4.69) is 10.4 Å². The molecular formula is C14H15Cl2N3O2. The van der Waals surface area contributed by atoms with E-state index in [1.165, 1.54) is 4.68 Å². The molecule has 0 saturated heterocycles. The number of carbonyl (C=O) groups is 1. The van der Waals surface area contributed by atoms with Crippen molar-refractivity contribution in [2.75, 3.05) is 6.54 Å². The molecule has 0 unspecified atom stereocenters. The Balaban J connectivity index is 1.97. The Hall–Kier alpha value is -1.72. The third kappa shape index (κ3) is 4.12. The maximum absolute atomic E-state index is 11.7. The summed E-state index contributed by atoms with van der Waals surface area (Å²) >= 11 is 11.9. The van der Waals surface area contributed by atoms with Crippen molar-refractivity contribution in [1.29, 1.82) is 0 Å². The Labute approximate surface area is 132 Å². The molecule has 2 aromatic rings. The molecule has 0 atom stereocenters. The Morgan fingerprint density at radius 1 is 1.38 bits per heavy atom. The third-order valence-corrected chi connectivity index (χ3v) is 3.48. The number of carbonyl (C=O) groups excluding carboxylic acids is 1. The van der Waals surface area contributed by atoms with Crippen molar-refractivity contribution in [1.82, 2.24) is 15.1 Å². The zero-order chi connectivity index (χ0) is 15.2. The monoisotopic (exact) mass is 327 g/mol. The van der Waals surface area contributed by atoms with Crippen LogP contribution in [0.15, 0.2) is 30.5 Å². The molecule has 1 N–H and O–H groups in total. The topological polar surface area (TPSA) is 56.2 Å². The van der Waals surface area contributed by atoms with Crippen molar-refractivity contribution in [3.8, 4) is 5.75 Å². The lowest BCUT2D eigenvalue weighted by atomic mass is 10.3. The molecule has 0 aliphatic heterocycles. The van der Waals surface area contributed by atoms with E-state index in [-0.39, 0.29) is 12.6 Å². The van der Waals surface area contributed by atoms with Crippen LogP contribution >= 0.6 is 23.2 Å². The first-order chi connectivity index (χ1) is 10.1. The normalized spacial score (nSPS) is 10.4. The summed E-state index contributed by atoms with van der Waals surface area (Å²) in [6.45, 7) is 2.75. The van der Waals surface area contributed by atoms with Crippen molar-refractivity contribution in [3.05, 3.63) is 46.2 Å². The van der Waals surface area contributed by atoms with Crippen LogP contribution in [-0.4, -0.2) is 22.2 Å². The fourth-order valence-corrected chi connectivity index (χ4v) is 1.96. The number of rotatable bonds is 6. The van der Waals surface area contributed by atoms with E-state index < -0.39 is 0 Å². The molecule has 0 aliphatic rings. The van der Waals surface area contributed by atoms with Gasteiger partial charge in [0, 0.05) is 12.7 Å². The van der Waals surface area contributed by atoms with Crippen LogP contribution in [0, 0.1) is 0 Å². The molecule has 0 aliphatic carbocycles. The lowest BCUT2D eigenvalue weighted by molar-refractivity contribution is 0.0946. The molecule has 7 heteroatoms. The number of benzene rings is 1. The van der Waals surface area contributed by atoms with Crippen LogP contribution < -0.4 is 10.1 Å². The SMILES string of the molecule is CCCNC(=O)c1ccn(COc2cccc(Cl)c2Cl)n1. The number of hydrogen-bond acceptors (Lipinski definition) is 3. The quantitative estimate of drug-likeness (QED) is 0.884. The van der Waals surface area contributed by atoms with Gasteiger partial charge >= 0.3 is 0 Å². The molecule has 0 radical (unpaired) electrons. The van der Waals surface area contributed by atoms with E-state index in [0.29, 0.717) is 28.0 Å². The van der Waals surface area contributed by atoms with Gasteiger partial charge in [-0.2, -0.15) is 5.10 Å². The highest BCUT2D eigenvalue weighted by Gasteiger charge is 2.09. The fourth-order valence-electron chi connectivity index (χ4n) is 1.61. The zero-order valence-electron chi connectivity index (χ0n) is 11.5. The van der Waals surface area contributed by atoms with E-state index in [1.807, 2.05) is 6.92 Å². The van der Waals surface area contributed by atoms with Gasteiger partial charge in [-0.25, -0.2) is 4.68 Å². The van der Waals surface area contributed by atoms with Crippen molar-refractivity contribution in [3.63, 3.8) is 0 Å². The van der Waals surface area contributed by atoms with Crippen LogP contribution in [0.25, 0.3) is 0 Å². The number of amides is 1. The highest BCUT2D eigenvalue weighted by atomic mass is 35.5. The Morgan fingerprint density at radius 2 is 2.19 bits per heavy atom. The van der Waals surface area contributed by atoms with Gasteiger partial charge in [0.2, 0.25) is 0 Å². The van der Waals surface area contributed by atoms with Gasteiger partial charge in [-0.3, -0.25) is 4.79 Å². The number of nitrogens with one attached hydrogen (secondary N) is 1. The van der Waals surface area contributed by atoms with Crippen LogP contribution in [0.1, 0.15) is 23.8 Å². The minimum atomic E-state index is -0.198. The lowest BCUT2D eigenvalue weighted by Gasteiger charge is -2.08. The second-order valence-electron chi connectivity index (χ2n) is 4.32. The fraction of sp³-hybridized carbons (Fsp3) is 0.286. The van der Waals surface area contributed by atoms with Gasteiger partial charge in [-0.15, -0.1) is 0 Å². The van der Waals surface area contributed by atoms with E-state index >= 15 is 0 Å². The smallest absolute Gasteiger partial charge is 0.271 e. The average molecular weight is 328 g/mol. The summed E-state index contributed by atoms with van der Waals surface area (Å²) in [6.07, 6.45) is 2.54. The average Bonchev–Trinajstić information content (AvgIpc) is 2.95. The molecule has 2 rings (SSSR count). The van der Waals surface area contributed by atoms with Gasteiger partial charge in [0.05, 0.1) is 5.02 Å². The van der Waals surface area contributed by atoms with E-state index in [4.69, 9.17) is 27.9 Å². The van der Waals surface area contributed by atoms with Crippen molar-refractivity contribution in [2.45, 2.75) is 20.1 Å². The van der Waals surface area contributed by atoms with Gasteiger partial charge < -0.3 is 10.1 Å². The minimum absolute atomic E-state index is 0.140. The number of aromatic nitrogens is 2. The van der Waals surface area contributed by atoms with E-state index in [0.717, 1.165) is 6.42 Å². The largest absolute Gasteiger partial charge is 0.470 e. The van der Waals surface area contributed by atoms with Crippen molar-refractivity contribution < 1.29 is 9.53 Å².